The zero-order valence-electron chi connectivity index (χ0n) is 10.4. The van der Waals surface area contributed by atoms with Gasteiger partial charge in [-0.15, -0.1) is 11.6 Å². The molecule has 0 fully saturated rings. The molecule has 0 aliphatic rings. The SMILES string of the molecule is COc1ccc2nc(CCl)n(CCS(C)=O)c2c1. The van der Waals surface area contributed by atoms with Crippen LogP contribution in [0, 0.1) is 0 Å². The molecule has 0 saturated carbocycles. The van der Waals surface area contributed by atoms with Crippen LogP contribution in [-0.4, -0.2) is 32.9 Å². The summed E-state index contributed by atoms with van der Waals surface area (Å²) in [6.07, 6.45) is 1.69. The normalized spacial score (nSPS) is 12.8. The van der Waals surface area contributed by atoms with E-state index in [1.807, 2.05) is 22.8 Å². The molecule has 1 heterocycles. The molecule has 6 heteroatoms. The lowest BCUT2D eigenvalue weighted by Gasteiger charge is -2.07. The summed E-state index contributed by atoms with van der Waals surface area (Å²) in [5.41, 5.74) is 1.85. The van der Waals surface area contributed by atoms with Crippen LogP contribution in [0.2, 0.25) is 0 Å². The second-order valence-corrected chi connectivity index (χ2v) is 5.77. The summed E-state index contributed by atoms with van der Waals surface area (Å²) < 4.78 is 18.4. The lowest BCUT2D eigenvalue weighted by atomic mass is 10.3. The molecule has 0 saturated heterocycles. The maximum Gasteiger partial charge on any atom is 0.124 e. The van der Waals surface area contributed by atoms with Gasteiger partial charge in [0.25, 0.3) is 0 Å². The molecule has 1 unspecified atom stereocenters. The number of benzene rings is 1. The number of fused-ring (bicyclic) bond motifs is 1. The van der Waals surface area contributed by atoms with Gasteiger partial charge in [0.05, 0.1) is 24.0 Å². The second kappa shape index (κ2) is 5.71. The van der Waals surface area contributed by atoms with E-state index in [0.29, 0.717) is 18.2 Å². The molecule has 2 rings (SSSR count). The Labute approximate surface area is 113 Å². The first-order chi connectivity index (χ1) is 8.65. The number of imidazole rings is 1. The van der Waals surface area contributed by atoms with E-state index in [-0.39, 0.29) is 0 Å². The molecule has 98 valence electrons. The van der Waals surface area contributed by atoms with Crippen LogP contribution in [0.5, 0.6) is 5.75 Å². The van der Waals surface area contributed by atoms with Crippen LogP contribution < -0.4 is 4.74 Å². The largest absolute Gasteiger partial charge is 0.497 e. The maximum atomic E-state index is 11.2. The van der Waals surface area contributed by atoms with Crippen molar-refractivity contribution in [2.75, 3.05) is 19.1 Å². The zero-order chi connectivity index (χ0) is 13.1. The molecule has 1 aromatic heterocycles. The summed E-state index contributed by atoms with van der Waals surface area (Å²) in [7, 11) is 0.797. The van der Waals surface area contributed by atoms with Crippen molar-refractivity contribution in [2.45, 2.75) is 12.4 Å². The van der Waals surface area contributed by atoms with Gasteiger partial charge in [-0.1, -0.05) is 0 Å². The Morgan fingerprint density at radius 2 is 2.28 bits per heavy atom. The van der Waals surface area contributed by atoms with E-state index in [1.54, 1.807) is 13.4 Å². The van der Waals surface area contributed by atoms with Gasteiger partial charge in [0.15, 0.2) is 0 Å². The van der Waals surface area contributed by atoms with Gasteiger partial charge in [0, 0.05) is 35.4 Å². The van der Waals surface area contributed by atoms with E-state index >= 15 is 0 Å². The van der Waals surface area contributed by atoms with Crippen LogP contribution in [0.25, 0.3) is 11.0 Å². The van der Waals surface area contributed by atoms with Crippen molar-refractivity contribution >= 4 is 33.4 Å². The monoisotopic (exact) mass is 286 g/mol. The molecular weight excluding hydrogens is 272 g/mol. The van der Waals surface area contributed by atoms with Crippen LogP contribution in [0.4, 0.5) is 0 Å². The lowest BCUT2D eigenvalue weighted by Crippen LogP contribution is -2.09. The van der Waals surface area contributed by atoms with Crippen LogP contribution in [-0.2, 0) is 23.2 Å². The minimum Gasteiger partial charge on any atom is -0.497 e. The molecule has 0 radical (unpaired) electrons. The number of hydrogen-bond acceptors (Lipinski definition) is 3. The second-order valence-electron chi connectivity index (χ2n) is 3.95. The predicted octanol–water partition coefficient (Wildman–Crippen LogP) is 2.16. The van der Waals surface area contributed by atoms with Gasteiger partial charge >= 0.3 is 0 Å². The summed E-state index contributed by atoms with van der Waals surface area (Å²) in [6.45, 7) is 0.648. The van der Waals surface area contributed by atoms with E-state index < -0.39 is 10.8 Å². The van der Waals surface area contributed by atoms with Crippen molar-refractivity contribution in [2.24, 2.45) is 0 Å². The van der Waals surface area contributed by atoms with Gasteiger partial charge in [0.2, 0.25) is 0 Å². The molecule has 4 nitrogen and oxygen atoms in total. The first kappa shape index (κ1) is 13.4. The summed E-state index contributed by atoms with van der Waals surface area (Å²) in [5, 5.41) is 0. The smallest absolute Gasteiger partial charge is 0.124 e. The van der Waals surface area contributed by atoms with Crippen LogP contribution >= 0.6 is 11.6 Å². The molecule has 0 aliphatic heterocycles. The van der Waals surface area contributed by atoms with E-state index in [2.05, 4.69) is 4.98 Å². The number of hydrogen-bond donors (Lipinski definition) is 0. The fourth-order valence-corrected chi connectivity index (χ4v) is 2.49. The average molecular weight is 287 g/mol. The van der Waals surface area contributed by atoms with Crippen molar-refractivity contribution in [1.82, 2.24) is 9.55 Å². The zero-order valence-corrected chi connectivity index (χ0v) is 11.9. The van der Waals surface area contributed by atoms with Gasteiger partial charge in [-0.2, -0.15) is 0 Å². The highest BCUT2D eigenvalue weighted by Crippen LogP contribution is 2.22. The van der Waals surface area contributed by atoms with Gasteiger partial charge in [-0.3, -0.25) is 4.21 Å². The molecule has 0 spiro atoms. The summed E-state index contributed by atoms with van der Waals surface area (Å²) in [6, 6.07) is 5.70. The van der Waals surface area contributed by atoms with E-state index in [4.69, 9.17) is 16.3 Å². The first-order valence-corrected chi connectivity index (χ1v) is 7.81. The Kier molecular flexibility index (Phi) is 4.24. The highest BCUT2D eigenvalue weighted by atomic mass is 35.5. The Morgan fingerprint density at radius 1 is 1.50 bits per heavy atom. The molecule has 1 atom stereocenters. The summed E-state index contributed by atoms with van der Waals surface area (Å²) in [4.78, 5) is 4.46. The van der Waals surface area contributed by atoms with Gasteiger partial charge in [-0.05, 0) is 12.1 Å². The van der Waals surface area contributed by atoms with Crippen LogP contribution in [0.3, 0.4) is 0 Å². The van der Waals surface area contributed by atoms with E-state index in [1.165, 1.54) is 0 Å². The third kappa shape index (κ3) is 2.67. The predicted molar refractivity (Wildman–Crippen MR) is 74.8 cm³/mol. The fraction of sp³-hybridized carbons (Fsp3) is 0.417. The number of nitrogens with zero attached hydrogens (tertiary/aromatic N) is 2. The van der Waals surface area contributed by atoms with Gasteiger partial charge in [-0.25, -0.2) is 4.98 Å². The number of methoxy groups -OCH3 is 1. The molecular formula is C12H15ClN2O2S. The number of rotatable bonds is 5. The highest BCUT2D eigenvalue weighted by Gasteiger charge is 2.11. The topological polar surface area (TPSA) is 44.1 Å². The number of halogens is 1. The van der Waals surface area contributed by atoms with Crippen molar-refractivity contribution in [3.63, 3.8) is 0 Å². The Balaban J connectivity index is 2.48. The van der Waals surface area contributed by atoms with E-state index in [9.17, 15) is 4.21 Å². The summed E-state index contributed by atoms with van der Waals surface area (Å²) >= 11 is 5.90. The van der Waals surface area contributed by atoms with Crippen LogP contribution in [0.1, 0.15) is 5.82 Å². The third-order valence-electron chi connectivity index (χ3n) is 2.76. The van der Waals surface area contributed by atoms with E-state index in [0.717, 1.165) is 22.6 Å². The van der Waals surface area contributed by atoms with Crippen molar-refractivity contribution in [3.8, 4) is 5.75 Å². The van der Waals surface area contributed by atoms with Crippen molar-refractivity contribution < 1.29 is 8.95 Å². The van der Waals surface area contributed by atoms with Gasteiger partial charge < -0.3 is 9.30 Å². The fourth-order valence-electron chi connectivity index (χ4n) is 1.85. The molecule has 1 aromatic carbocycles. The Bertz CT molecular complexity index is 583. The first-order valence-electron chi connectivity index (χ1n) is 5.55. The molecule has 0 bridgehead atoms. The lowest BCUT2D eigenvalue weighted by molar-refractivity contribution is 0.415. The maximum absolute atomic E-state index is 11.2. The highest BCUT2D eigenvalue weighted by molar-refractivity contribution is 7.84. The number of alkyl halides is 1. The molecule has 18 heavy (non-hydrogen) atoms. The van der Waals surface area contributed by atoms with Crippen LogP contribution in [0.15, 0.2) is 18.2 Å². The van der Waals surface area contributed by atoms with Crippen molar-refractivity contribution in [1.29, 1.82) is 0 Å². The Morgan fingerprint density at radius 3 is 2.89 bits per heavy atom. The third-order valence-corrected chi connectivity index (χ3v) is 3.75. The number of aryl methyl sites for hydroxylation is 1. The minimum absolute atomic E-state index is 0.341. The molecule has 0 aliphatic carbocycles. The minimum atomic E-state index is -0.833. The quantitative estimate of drug-likeness (QED) is 0.791. The molecule has 0 amide bonds. The molecule has 0 N–H and O–H groups in total. The standard InChI is InChI=1S/C12H15ClN2O2S/c1-17-9-3-4-10-11(7-9)15(5-6-18(2)16)12(8-13)14-10/h3-4,7H,5-6,8H2,1-2H3. The van der Waals surface area contributed by atoms with Gasteiger partial charge in [0.1, 0.15) is 11.6 Å². The number of aromatic nitrogens is 2. The average Bonchev–Trinajstić information content (AvgIpc) is 2.72. The Hall–Kier alpha value is -1.07. The van der Waals surface area contributed by atoms with Crippen molar-refractivity contribution in [3.05, 3.63) is 24.0 Å². The number of ether oxygens (including phenoxy) is 1. The summed E-state index contributed by atoms with van der Waals surface area (Å²) in [5.74, 6) is 2.51. The molecule has 2 aromatic rings.